The van der Waals surface area contributed by atoms with Crippen LogP contribution in [0.1, 0.15) is 43.2 Å². The lowest BCUT2D eigenvalue weighted by molar-refractivity contribution is -0.140. The molecule has 1 aliphatic carbocycles. The molecule has 146 valence electrons. The van der Waals surface area contributed by atoms with Gasteiger partial charge in [0.05, 0.1) is 17.4 Å². The Morgan fingerprint density at radius 2 is 1.74 bits per heavy atom. The maximum atomic E-state index is 12.7. The number of alkyl halides is 3. The lowest BCUT2D eigenvalue weighted by atomic mass is 9.81. The number of carbonyl (C=O) groups is 3. The Morgan fingerprint density at radius 1 is 1.11 bits per heavy atom. The van der Waals surface area contributed by atoms with E-state index in [0.29, 0.717) is 18.4 Å². The summed E-state index contributed by atoms with van der Waals surface area (Å²) in [7, 11) is 0. The highest BCUT2D eigenvalue weighted by Crippen LogP contribution is 2.38. The quantitative estimate of drug-likeness (QED) is 0.797. The van der Waals surface area contributed by atoms with Gasteiger partial charge in [-0.25, -0.2) is 0 Å². The molecule has 1 saturated heterocycles. The summed E-state index contributed by atoms with van der Waals surface area (Å²) < 4.78 is 38.1. The van der Waals surface area contributed by atoms with Gasteiger partial charge in [0, 0.05) is 19.5 Å². The van der Waals surface area contributed by atoms with Crippen molar-refractivity contribution in [2.24, 2.45) is 11.8 Å². The first-order valence-electron chi connectivity index (χ1n) is 9.05. The minimum Gasteiger partial charge on any atom is -0.352 e. The molecular weight excluding hydrogens is 361 g/mol. The number of imide groups is 1. The molecule has 3 amide bonds. The smallest absolute Gasteiger partial charge is 0.352 e. The predicted molar refractivity (Wildman–Crippen MR) is 90.1 cm³/mol. The van der Waals surface area contributed by atoms with Gasteiger partial charge < -0.3 is 5.32 Å². The van der Waals surface area contributed by atoms with Gasteiger partial charge >= 0.3 is 6.18 Å². The number of hydrogen-bond donors (Lipinski definition) is 1. The van der Waals surface area contributed by atoms with Crippen LogP contribution >= 0.6 is 0 Å². The zero-order valence-electron chi connectivity index (χ0n) is 14.7. The van der Waals surface area contributed by atoms with Crippen LogP contribution < -0.4 is 5.32 Å². The second kappa shape index (κ2) is 7.70. The molecule has 2 fully saturated rings. The van der Waals surface area contributed by atoms with Gasteiger partial charge in [0.15, 0.2) is 0 Å². The molecule has 0 spiro atoms. The second-order valence-corrected chi connectivity index (χ2v) is 7.05. The van der Waals surface area contributed by atoms with E-state index in [4.69, 9.17) is 0 Å². The van der Waals surface area contributed by atoms with E-state index in [9.17, 15) is 27.6 Å². The van der Waals surface area contributed by atoms with Gasteiger partial charge in [-0.05, 0) is 30.5 Å². The number of nitrogens with zero attached hydrogens (tertiary/aromatic N) is 1. The monoisotopic (exact) mass is 382 g/mol. The molecule has 0 bridgehead atoms. The van der Waals surface area contributed by atoms with Gasteiger partial charge in [0.1, 0.15) is 0 Å². The van der Waals surface area contributed by atoms with Crippen LogP contribution in [0.15, 0.2) is 24.3 Å². The Morgan fingerprint density at radius 3 is 2.33 bits per heavy atom. The van der Waals surface area contributed by atoms with Crippen LogP contribution in [0.5, 0.6) is 0 Å². The van der Waals surface area contributed by atoms with E-state index in [-0.39, 0.29) is 43.2 Å². The average Bonchev–Trinajstić information content (AvgIpc) is 2.89. The minimum absolute atomic E-state index is 0.0130. The normalized spacial score (nSPS) is 22.7. The van der Waals surface area contributed by atoms with Crippen LogP contribution in [0.2, 0.25) is 0 Å². The molecular formula is C19H21F3N2O3. The summed E-state index contributed by atoms with van der Waals surface area (Å²) in [5.41, 5.74) is -0.442. The zero-order chi connectivity index (χ0) is 19.6. The number of benzene rings is 1. The number of likely N-dealkylation sites (tertiary alicyclic amines) is 1. The molecule has 1 aromatic rings. The summed E-state index contributed by atoms with van der Waals surface area (Å²) in [5, 5.41) is 2.54. The van der Waals surface area contributed by atoms with Crippen molar-refractivity contribution in [2.75, 3.05) is 6.54 Å². The largest absolute Gasteiger partial charge is 0.416 e. The molecule has 3 rings (SSSR count). The van der Waals surface area contributed by atoms with E-state index in [2.05, 4.69) is 5.32 Å². The number of nitrogens with one attached hydrogen (secondary N) is 1. The maximum Gasteiger partial charge on any atom is 0.416 e. The van der Waals surface area contributed by atoms with Crippen LogP contribution in [-0.4, -0.2) is 29.2 Å². The SMILES string of the molecule is O=C(CCN1C(=O)C2CCCCC2C1=O)NCc1cccc(C(F)(F)F)c1. The fourth-order valence-corrected chi connectivity index (χ4v) is 3.81. The average molecular weight is 382 g/mol. The third-order valence-corrected chi connectivity index (χ3v) is 5.24. The lowest BCUT2D eigenvalue weighted by Gasteiger charge is -2.19. The van der Waals surface area contributed by atoms with E-state index in [1.54, 1.807) is 0 Å². The van der Waals surface area contributed by atoms with Gasteiger partial charge in [0.2, 0.25) is 17.7 Å². The minimum atomic E-state index is -4.44. The highest BCUT2D eigenvalue weighted by Gasteiger charge is 2.47. The first-order chi connectivity index (χ1) is 12.8. The fourth-order valence-electron chi connectivity index (χ4n) is 3.81. The second-order valence-electron chi connectivity index (χ2n) is 7.05. The molecule has 0 aromatic heterocycles. The van der Waals surface area contributed by atoms with E-state index in [1.165, 1.54) is 17.0 Å². The summed E-state index contributed by atoms with van der Waals surface area (Å²) in [6.45, 7) is -0.0328. The molecule has 2 atom stereocenters. The van der Waals surface area contributed by atoms with E-state index in [0.717, 1.165) is 25.0 Å². The summed E-state index contributed by atoms with van der Waals surface area (Å²) in [6, 6.07) is 4.73. The summed E-state index contributed by atoms with van der Waals surface area (Å²) in [4.78, 5) is 37.9. The number of carbonyl (C=O) groups excluding carboxylic acids is 3. The molecule has 8 heteroatoms. The van der Waals surface area contributed by atoms with Crippen molar-refractivity contribution < 1.29 is 27.6 Å². The topological polar surface area (TPSA) is 66.5 Å². The highest BCUT2D eigenvalue weighted by molar-refractivity contribution is 6.05. The van der Waals surface area contributed by atoms with Gasteiger partial charge in [0.25, 0.3) is 0 Å². The van der Waals surface area contributed by atoms with Gasteiger partial charge in [-0.2, -0.15) is 13.2 Å². The van der Waals surface area contributed by atoms with Crippen molar-refractivity contribution in [1.82, 2.24) is 10.2 Å². The first kappa shape index (κ1) is 19.4. The van der Waals surface area contributed by atoms with E-state index >= 15 is 0 Å². The third-order valence-electron chi connectivity index (χ3n) is 5.24. The number of rotatable bonds is 5. The van der Waals surface area contributed by atoms with Crippen LogP contribution in [0.4, 0.5) is 13.2 Å². The molecule has 0 radical (unpaired) electrons. The van der Waals surface area contributed by atoms with Crippen molar-refractivity contribution >= 4 is 17.7 Å². The summed E-state index contributed by atoms with van der Waals surface area (Å²) in [6.07, 6.45) is -1.19. The lowest BCUT2D eigenvalue weighted by Crippen LogP contribution is -2.35. The third kappa shape index (κ3) is 4.31. The van der Waals surface area contributed by atoms with Crippen molar-refractivity contribution in [3.05, 3.63) is 35.4 Å². The first-order valence-corrected chi connectivity index (χ1v) is 9.05. The van der Waals surface area contributed by atoms with Gasteiger partial charge in [-0.3, -0.25) is 19.3 Å². The number of fused-ring (bicyclic) bond motifs is 1. The number of hydrogen-bond acceptors (Lipinski definition) is 3. The Labute approximate surface area is 154 Å². The predicted octanol–water partition coefficient (Wildman–Crippen LogP) is 2.89. The molecule has 1 aliphatic heterocycles. The molecule has 1 N–H and O–H groups in total. The molecule has 1 aromatic carbocycles. The highest BCUT2D eigenvalue weighted by atomic mass is 19.4. The number of amides is 3. The molecule has 1 saturated carbocycles. The Balaban J connectivity index is 1.50. The van der Waals surface area contributed by atoms with E-state index in [1.807, 2.05) is 0 Å². The van der Waals surface area contributed by atoms with Crippen LogP contribution in [0.25, 0.3) is 0 Å². The summed E-state index contributed by atoms with van der Waals surface area (Å²) >= 11 is 0. The maximum absolute atomic E-state index is 12.7. The Bertz CT molecular complexity index is 724. The Kier molecular flexibility index (Phi) is 5.53. The Hall–Kier alpha value is -2.38. The van der Waals surface area contributed by atoms with Crippen molar-refractivity contribution in [3.8, 4) is 0 Å². The molecule has 27 heavy (non-hydrogen) atoms. The van der Waals surface area contributed by atoms with Crippen molar-refractivity contribution in [1.29, 1.82) is 0 Å². The van der Waals surface area contributed by atoms with Crippen molar-refractivity contribution in [3.63, 3.8) is 0 Å². The molecule has 2 aliphatic rings. The van der Waals surface area contributed by atoms with Gasteiger partial charge in [-0.1, -0.05) is 25.0 Å². The molecule has 1 heterocycles. The molecule has 5 nitrogen and oxygen atoms in total. The van der Waals surface area contributed by atoms with Gasteiger partial charge in [-0.15, -0.1) is 0 Å². The fraction of sp³-hybridized carbons (Fsp3) is 0.526. The standard InChI is InChI=1S/C19H21F3N2O3/c20-19(21,22)13-5-3-4-12(10-13)11-23-16(25)8-9-24-17(26)14-6-1-2-7-15(14)18(24)27/h3-5,10,14-15H,1-2,6-9,11H2,(H,23,25). The van der Waals surface area contributed by atoms with Crippen molar-refractivity contribution in [2.45, 2.75) is 44.8 Å². The van der Waals surface area contributed by atoms with E-state index < -0.39 is 17.6 Å². The van der Waals surface area contributed by atoms with Crippen LogP contribution in [0.3, 0.4) is 0 Å². The number of halogens is 3. The molecule has 2 unspecified atom stereocenters. The van der Waals surface area contributed by atoms with Crippen LogP contribution in [0, 0.1) is 11.8 Å². The summed E-state index contributed by atoms with van der Waals surface area (Å²) in [5.74, 6) is -1.31. The zero-order valence-corrected chi connectivity index (χ0v) is 14.7. The van der Waals surface area contributed by atoms with Crippen LogP contribution in [-0.2, 0) is 27.1 Å².